The minimum atomic E-state index is -1.05. The summed E-state index contributed by atoms with van der Waals surface area (Å²) >= 11 is 1.17. The predicted octanol–water partition coefficient (Wildman–Crippen LogP) is 4.61. The van der Waals surface area contributed by atoms with Crippen molar-refractivity contribution in [3.05, 3.63) is 57.8 Å². The van der Waals surface area contributed by atoms with Gasteiger partial charge in [-0.15, -0.1) is 11.3 Å². The first-order valence-corrected chi connectivity index (χ1v) is 10.3. The number of nitrogens with one attached hydrogen (secondary N) is 1. The van der Waals surface area contributed by atoms with Gasteiger partial charge in [0.15, 0.2) is 11.5 Å². The molecule has 2 aromatic carbocycles. The van der Waals surface area contributed by atoms with Gasteiger partial charge < -0.3 is 24.6 Å². The Labute approximate surface area is 183 Å². The molecular formula is C23H21NO6S. The highest BCUT2D eigenvalue weighted by Gasteiger charge is 2.36. The number of hydrogen-bond donors (Lipinski definition) is 2. The number of rotatable bonds is 6. The zero-order chi connectivity index (χ0) is 22.1. The number of methoxy groups -OCH3 is 3. The molecule has 31 heavy (non-hydrogen) atoms. The summed E-state index contributed by atoms with van der Waals surface area (Å²) in [4.78, 5) is 25.7. The van der Waals surface area contributed by atoms with Gasteiger partial charge in [0.1, 0.15) is 10.6 Å². The highest BCUT2D eigenvalue weighted by molar-refractivity contribution is 7.15. The second-order valence-corrected chi connectivity index (χ2v) is 8.02. The van der Waals surface area contributed by atoms with Crippen LogP contribution in [-0.2, 0) is 4.79 Å². The Kier molecular flexibility index (Phi) is 5.56. The number of ether oxygens (including phenoxy) is 3. The molecule has 1 aliphatic heterocycles. The van der Waals surface area contributed by atoms with Crippen LogP contribution in [0.15, 0.2) is 42.5 Å². The van der Waals surface area contributed by atoms with Gasteiger partial charge in [0.05, 0.1) is 27.0 Å². The summed E-state index contributed by atoms with van der Waals surface area (Å²) in [5.41, 5.74) is 2.49. The van der Waals surface area contributed by atoms with Gasteiger partial charge >= 0.3 is 5.97 Å². The lowest BCUT2D eigenvalue weighted by atomic mass is 9.88. The molecule has 160 valence electrons. The fraction of sp³-hybridized carbons (Fsp3) is 0.217. The molecule has 0 unspecified atom stereocenters. The number of thiophene rings is 1. The number of benzene rings is 2. The maximum atomic E-state index is 12.7. The number of para-hydroxylation sites is 1. The quantitative estimate of drug-likeness (QED) is 0.582. The van der Waals surface area contributed by atoms with Crippen molar-refractivity contribution in [3.8, 4) is 28.4 Å². The zero-order valence-corrected chi connectivity index (χ0v) is 18.0. The van der Waals surface area contributed by atoms with Crippen LogP contribution in [-0.4, -0.2) is 38.3 Å². The molecule has 7 nitrogen and oxygen atoms in total. The summed E-state index contributed by atoms with van der Waals surface area (Å²) in [6.07, 6.45) is 0.179. The van der Waals surface area contributed by atoms with Crippen LogP contribution in [0.4, 0.5) is 5.69 Å². The fourth-order valence-electron chi connectivity index (χ4n) is 3.91. The molecule has 2 N–H and O–H groups in total. The molecule has 1 aromatic heterocycles. The molecular weight excluding hydrogens is 418 g/mol. The monoisotopic (exact) mass is 439 g/mol. The van der Waals surface area contributed by atoms with Crippen molar-refractivity contribution in [3.63, 3.8) is 0 Å². The lowest BCUT2D eigenvalue weighted by Gasteiger charge is -2.25. The van der Waals surface area contributed by atoms with Crippen LogP contribution in [0.25, 0.3) is 11.1 Å². The second kappa shape index (κ2) is 8.31. The van der Waals surface area contributed by atoms with E-state index in [1.54, 1.807) is 51.7 Å². The number of carbonyl (C=O) groups is 2. The van der Waals surface area contributed by atoms with Gasteiger partial charge in [-0.05, 0) is 23.8 Å². The number of fused-ring (bicyclic) bond motifs is 1. The maximum Gasteiger partial charge on any atom is 0.346 e. The minimum Gasteiger partial charge on any atom is -0.497 e. The lowest BCUT2D eigenvalue weighted by Crippen LogP contribution is -2.22. The van der Waals surface area contributed by atoms with E-state index < -0.39 is 5.97 Å². The van der Waals surface area contributed by atoms with Crippen LogP contribution >= 0.6 is 11.3 Å². The highest BCUT2D eigenvalue weighted by atomic mass is 32.1. The summed E-state index contributed by atoms with van der Waals surface area (Å²) in [6.45, 7) is 0. The van der Waals surface area contributed by atoms with Gasteiger partial charge in [-0.1, -0.05) is 24.3 Å². The van der Waals surface area contributed by atoms with E-state index in [4.69, 9.17) is 14.2 Å². The lowest BCUT2D eigenvalue weighted by molar-refractivity contribution is -0.116. The molecule has 1 atom stereocenters. The normalized spacial score (nSPS) is 15.1. The summed E-state index contributed by atoms with van der Waals surface area (Å²) < 4.78 is 16.2. The van der Waals surface area contributed by atoms with E-state index in [-0.39, 0.29) is 23.1 Å². The number of hydrogen-bond acceptors (Lipinski definition) is 6. The van der Waals surface area contributed by atoms with Crippen molar-refractivity contribution in [2.75, 3.05) is 26.6 Å². The van der Waals surface area contributed by atoms with Gasteiger partial charge in [-0.2, -0.15) is 0 Å². The number of carbonyl (C=O) groups excluding carboxylic acids is 1. The first-order chi connectivity index (χ1) is 15.0. The molecule has 0 aliphatic carbocycles. The van der Waals surface area contributed by atoms with E-state index in [1.165, 1.54) is 11.3 Å². The SMILES string of the molecule is COc1ccc(-c2c(C(=O)O)sc3c2NC(=O)C[C@@H]3c2cccc(OC)c2OC)cc1. The van der Waals surface area contributed by atoms with Crippen molar-refractivity contribution in [2.24, 2.45) is 0 Å². The van der Waals surface area contributed by atoms with Crippen molar-refractivity contribution in [1.82, 2.24) is 0 Å². The third-order valence-corrected chi connectivity index (χ3v) is 6.58. The molecule has 3 aromatic rings. The minimum absolute atomic E-state index is 0.171. The smallest absolute Gasteiger partial charge is 0.346 e. The standard InChI is InChI=1S/C23H21NO6S/c1-28-13-9-7-12(8-10-13)18-19-21(31-22(18)23(26)27)15(11-17(25)24-19)14-5-4-6-16(29-2)20(14)30-3/h4-10,15H,11H2,1-3H3,(H,24,25)(H,26,27)/t15-/m1/s1. The maximum absolute atomic E-state index is 12.7. The molecule has 8 heteroatoms. The van der Waals surface area contributed by atoms with Crippen molar-refractivity contribution in [1.29, 1.82) is 0 Å². The Morgan fingerprint density at radius 1 is 1.06 bits per heavy atom. The summed E-state index contributed by atoms with van der Waals surface area (Å²) in [6, 6.07) is 12.6. The van der Waals surface area contributed by atoms with Crippen molar-refractivity contribution >= 4 is 28.9 Å². The van der Waals surface area contributed by atoms with E-state index in [0.29, 0.717) is 34.1 Å². The first kappa shape index (κ1) is 20.7. The number of carboxylic acid groups (broad SMARTS) is 1. The van der Waals surface area contributed by atoms with Crippen LogP contribution in [0, 0.1) is 0 Å². The van der Waals surface area contributed by atoms with Crippen LogP contribution in [0.5, 0.6) is 17.2 Å². The van der Waals surface area contributed by atoms with Crippen LogP contribution < -0.4 is 19.5 Å². The van der Waals surface area contributed by atoms with Crippen molar-refractivity contribution in [2.45, 2.75) is 12.3 Å². The van der Waals surface area contributed by atoms with Gasteiger partial charge in [-0.25, -0.2) is 4.79 Å². The summed E-state index contributed by atoms with van der Waals surface area (Å²) in [5.74, 6) is 0.157. The van der Waals surface area contributed by atoms with Crippen LogP contribution in [0.1, 0.15) is 32.5 Å². The topological polar surface area (TPSA) is 94.1 Å². The summed E-state index contributed by atoms with van der Waals surface area (Å²) in [5, 5.41) is 12.8. The van der Waals surface area contributed by atoms with Gasteiger partial charge in [0.2, 0.25) is 5.91 Å². The molecule has 4 rings (SSSR count). The fourth-order valence-corrected chi connectivity index (χ4v) is 5.14. The van der Waals surface area contributed by atoms with E-state index >= 15 is 0 Å². The third-order valence-electron chi connectivity index (χ3n) is 5.29. The molecule has 0 radical (unpaired) electrons. The number of amides is 1. The Morgan fingerprint density at radius 2 is 1.81 bits per heavy atom. The van der Waals surface area contributed by atoms with Crippen molar-refractivity contribution < 1.29 is 28.9 Å². The van der Waals surface area contributed by atoms with Gasteiger partial charge in [0.25, 0.3) is 0 Å². The molecule has 0 spiro atoms. The third kappa shape index (κ3) is 3.59. The average molecular weight is 439 g/mol. The zero-order valence-electron chi connectivity index (χ0n) is 17.2. The number of aromatic carboxylic acids is 1. The Balaban J connectivity index is 1.93. The Bertz CT molecular complexity index is 1150. The van der Waals surface area contributed by atoms with E-state index in [1.807, 2.05) is 12.1 Å². The molecule has 0 bridgehead atoms. The first-order valence-electron chi connectivity index (χ1n) is 9.53. The highest BCUT2D eigenvalue weighted by Crippen LogP contribution is 2.51. The van der Waals surface area contributed by atoms with Gasteiger partial charge in [0, 0.05) is 28.3 Å². The molecule has 0 saturated heterocycles. The Hall–Kier alpha value is -3.52. The predicted molar refractivity (Wildman–Crippen MR) is 118 cm³/mol. The van der Waals surface area contributed by atoms with Gasteiger partial charge in [-0.3, -0.25) is 4.79 Å². The number of carboxylic acids is 1. The van der Waals surface area contributed by atoms with Crippen LogP contribution in [0.2, 0.25) is 0 Å². The molecule has 2 heterocycles. The van der Waals surface area contributed by atoms with Crippen LogP contribution in [0.3, 0.4) is 0 Å². The Morgan fingerprint density at radius 3 is 2.42 bits per heavy atom. The average Bonchev–Trinajstić information content (AvgIpc) is 3.17. The van der Waals surface area contributed by atoms with E-state index in [9.17, 15) is 14.7 Å². The number of anilines is 1. The molecule has 1 aliphatic rings. The van der Waals surface area contributed by atoms with E-state index in [0.717, 1.165) is 10.4 Å². The molecule has 0 fully saturated rings. The molecule has 1 amide bonds. The largest absolute Gasteiger partial charge is 0.497 e. The molecule has 0 saturated carbocycles. The second-order valence-electron chi connectivity index (χ2n) is 6.97. The summed E-state index contributed by atoms with van der Waals surface area (Å²) in [7, 11) is 4.66. The van der Waals surface area contributed by atoms with E-state index in [2.05, 4.69) is 5.32 Å².